The van der Waals surface area contributed by atoms with Crippen molar-refractivity contribution in [2.24, 2.45) is 5.92 Å². The van der Waals surface area contributed by atoms with Gasteiger partial charge >= 0.3 is 0 Å². The minimum Gasteiger partial charge on any atom is -0.381 e. The van der Waals surface area contributed by atoms with Gasteiger partial charge in [0, 0.05) is 0 Å². The summed E-state index contributed by atoms with van der Waals surface area (Å²) in [6.45, 7) is 0. The molecule has 2 heterocycles. The number of carbonyl (C=O) groups excluding carboxylic acids is 1. The molecule has 3 aliphatic rings. The summed E-state index contributed by atoms with van der Waals surface area (Å²) >= 11 is 0. The standard InChI is InChI=1S/C27H20O3/c28-23-17-9-16-22-24(25(23)29)27(19-12-5-2-6-13-19)21-15-8-7-14-20(21)26(22,30-27)18-10-3-1-4-11-18/h1-17,23-24,28H. The first-order valence-electron chi connectivity index (χ1n) is 10.2. The van der Waals surface area contributed by atoms with E-state index in [4.69, 9.17) is 4.74 Å². The van der Waals surface area contributed by atoms with E-state index in [-0.39, 0.29) is 5.78 Å². The first-order chi connectivity index (χ1) is 14.7. The zero-order valence-electron chi connectivity index (χ0n) is 16.2. The zero-order chi connectivity index (χ0) is 20.3. The van der Waals surface area contributed by atoms with Crippen molar-refractivity contribution >= 4 is 5.78 Å². The molecular formula is C27H20O3. The van der Waals surface area contributed by atoms with Gasteiger partial charge in [0.1, 0.15) is 17.3 Å². The van der Waals surface area contributed by atoms with Crippen LogP contribution in [0.1, 0.15) is 22.3 Å². The van der Waals surface area contributed by atoms with E-state index in [1.54, 1.807) is 12.2 Å². The fourth-order valence-electron chi connectivity index (χ4n) is 5.53. The molecule has 3 nitrogen and oxygen atoms in total. The topological polar surface area (TPSA) is 46.5 Å². The number of aliphatic hydroxyl groups excluding tert-OH is 1. The summed E-state index contributed by atoms with van der Waals surface area (Å²) in [6.07, 6.45) is 4.16. The minimum atomic E-state index is -1.16. The van der Waals surface area contributed by atoms with Gasteiger partial charge in [-0.25, -0.2) is 0 Å². The molecule has 2 bridgehead atoms. The van der Waals surface area contributed by atoms with Gasteiger partial charge in [0.25, 0.3) is 0 Å². The lowest BCUT2D eigenvalue weighted by molar-refractivity contribution is -0.133. The molecule has 1 saturated heterocycles. The first-order valence-corrected chi connectivity index (χ1v) is 10.2. The fourth-order valence-corrected chi connectivity index (χ4v) is 5.53. The maximum Gasteiger partial charge on any atom is 0.176 e. The van der Waals surface area contributed by atoms with Gasteiger partial charge in [-0.1, -0.05) is 97.1 Å². The minimum absolute atomic E-state index is 0.230. The second kappa shape index (κ2) is 6.11. The molecule has 3 heteroatoms. The number of hydrogen-bond acceptors (Lipinski definition) is 3. The van der Waals surface area contributed by atoms with Gasteiger partial charge < -0.3 is 9.84 Å². The molecule has 2 aliphatic heterocycles. The maximum atomic E-state index is 13.6. The van der Waals surface area contributed by atoms with Gasteiger partial charge in [0.05, 0.1) is 5.92 Å². The van der Waals surface area contributed by atoms with Crippen LogP contribution in [0.2, 0.25) is 0 Å². The van der Waals surface area contributed by atoms with Crippen LogP contribution in [0.3, 0.4) is 0 Å². The largest absolute Gasteiger partial charge is 0.381 e. The second-order valence-corrected chi connectivity index (χ2v) is 8.08. The molecule has 0 spiro atoms. The van der Waals surface area contributed by atoms with E-state index in [1.165, 1.54) is 0 Å². The summed E-state index contributed by atoms with van der Waals surface area (Å²) in [5.74, 6) is -0.842. The number of benzene rings is 3. The summed E-state index contributed by atoms with van der Waals surface area (Å²) in [7, 11) is 0. The van der Waals surface area contributed by atoms with Crippen LogP contribution in [0.25, 0.3) is 0 Å². The van der Waals surface area contributed by atoms with Crippen LogP contribution in [-0.4, -0.2) is 17.0 Å². The predicted molar refractivity (Wildman–Crippen MR) is 114 cm³/mol. The van der Waals surface area contributed by atoms with Crippen LogP contribution < -0.4 is 0 Å². The Hall–Kier alpha value is -3.27. The van der Waals surface area contributed by atoms with E-state index in [9.17, 15) is 9.90 Å². The lowest BCUT2D eigenvalue weighted by Crippen LogP contribution is -2.43. The highest BCUT2D eigenvalue weighted by atomic mass is 16.5. The quantitative estimate of drug-likeness (QED) is 0.709. The van der Waals surface area contributed by atoms with Crippen molar-refractivity contribution in [3.63, 3.8) is 0 Å². The third-order valence-electron chi connectivity index (χ3n) is 6.67. The van der Waals surface area contributed by atoms with Gasteiger partial charge in [-0.05, 0) is 33.9 Å². The van der Waals surface area contributed by atoms with Crippen molar-refractivity contribution in [3.8, 4) is 0 Å². The average molecular weight is 392 g/mol. The van der Waals surface area contributed by atoms with E-state index in [0.29, 0.717) is 0 Å². The molecular weight excluding hydrogens is 372 g/mol. The van der Waals surface area contributed by atoms with E-state index < -0.39 is 23.2 Å². The van der Waals surface area contributed by atoms with Crippen LogP contribution >= 0.6 is 0 Å². The summed E-state index contributed by atoms with van der Waals surface area (Å²) in [5, 5.41) is 10.6. The second-order valence-electron chi connectivity index (χ2n) is 8.08. The Balaban J connectivity index is 1.76. The number of ketones is 1. The van der Waals surface area contributed by atoms with Gasteiger partial charge in [-0.2, -0.15) is 0 Å². The maximum absolute atomic E-state index is 13.6. The summed E-state index contributed by atoms with van der Waals surface area (Å²) < 4.78 is 7.08. The average Bonchev–Trinajstić information content (AvgIpc) is 3.23. The Kier molecular flexibility index (Phi) is 3.58. The highest BCUT2D eigenvalue weighted by Crippen LogP contribution is 2.68. The number of Topliss-reactive ketones (excluding diaryl/α,β-unsaturated/α-hetero) is 1. The SMILES string of the molecule is O=C1C(O)C=CC=C2C1C1(c3ccccc3)OC2(c2ccccc2)c2ccccc21. The normalized spacial score (nSPS) is 31.1. The molecule has 1 N–H and O–H groups in total. The van der Waals surface area contributed by atoms with Crippen molar-refractivity contribution in [2.45, 2.75) is 17.3 Å². The number of rotatable bonds is 2. The number of carbonyl (C=O) groups is 1. The number of hydrogen-bond donors (Lipinski definition) is 1. The lowest BCUT2D eigenvalue weighted by Gasteiger charge is -2.36. The number of aliphatic hydroxyl groups is 1. The van der Waals surface area contributed by atoms with E-state index in [1.807, 2.05) is 66.7 Å². The Morgan fingerprint density at radius 2 is 1.37 bits per heavy atom. The van der Waals surface area contributed by atoms with Crippen molar-refractivity contribution in [1.29, 1.82) is 0 Å². The summed E-state index contributed by atoms with van der Waals surface area (Å²) in [5.41, 5.74) is 2.98. The van der Waals surface area contributed by atoms with Crippen LogP contribution in [0.5, 0.6) is 0 Å². The van der Waals surface area contributed by atoms with Gasteiger partial charge in [0.2, 0.25) is 0 Å². The van der Waals surface area contributed by atoms with Crippen LogP contribution in [0, 0.1) is 5.92 Å². The summed E-state index contributed by atoms with van der Waals surface area (Å²) in [4.78, 5) is 13.6. The van der Waals surface area contributed by atoms with Crippen molar-refractivity contribution in [3.05, 3.63) is 131 Å². The van der Waals surface area contributed by atoms with E-state index in [2.05, 4.69) is 24.3 Å². The molecule has 4 atom stereocenters. The molecule has 4 unspecified atom stereocenters. The molecule has 3 aromatic rings. The fraction of sp³-hybridized carbons (Fsp3) is 0.148. The van der Waals surface area contributed by atoms with Gasteiger partial charge in [-0.15, -0.1) is 0 Å². The number of fused-ring (bicyclic) bond motifs is 8. The van der Waals surface area contributed by atoms with Crippen LogP contribution in [0.15, 0.2) is 109 Å². The molecule has 3 aromatic carbocycles. The summed E-state index contributed by atoms with van der Waals surface area (Å²) in [6, 6.07) is 28.2. The highest BCUT2D eigenvalue weighted by Gasteiger charge is 2.70. The zero-order valence-corrected chi connectivity index (χ0v) is 16.2. The lowest BCUT2D eigenvalue weighted by atomic mass is 9.62. The Labute approximate surface area is 175 Å². The molecule has 1 fully saturated rings. The van der Waals surface area contributed by atoms with Gasteiger partial charge in [-0.3, -0.25) is 4.79 Å². The Morgan fingerprint density at radius 3 is 2.07 bits per heavy atom. The first kappa shape index (κ1) is 17.6. The third kappa shape index (κ3) is 1.99. The number of allylic oxidation sites excluding steroid dienone is 2. The van der Waals surface area contributed by atoms with E-state index in [0.717, 1.165) is 27.8 Å². The molecule has 146 valence electrons. The third-order valence-corrected chi connectivity index (χ3v) is 6.67. The number of ether oxygens (including phenoxy) is 1. The molecule has 0 radical (unpaired) electrons. The monoisotopic (exact) mass is 392 g/mol. The van der Waals surface area contributed by atoms with Crippen LogP contribution in [0.4, 0.5) is 0 Å². The molecule has 6 rings (SSSR count). The van der Waals surface area contributed by atoms with E-state index >= 15 is 0 Å². The molecule has 1 aliphatic carbocycles. The molecule has 0 aromatic heterocycles. The van der Waals surface area contributed by atoms with Crippen molar-refractivity contribution < 1.29 is 14.6 Å². The van der Waals surface area contributed by atoms with Gasteiger partial charge in [0.15, 0.2) is 5.78 Å². The Bertz CT molecular complexity index is 1210. The highest BCUT2D eigenvalue weighted by molar-refractivity contribution is 5.94. The van der Waals surface area contributed by atoms with Crippen molar-refractivity contribution in [1.82, 2.24) is 0 Å². The predicted octanol–water partition coefficient (Wildman–Crippen LogP) is 4.26. The molecule has 0 amide bonds. The smallest absolute Gasteiger partial charge is 0.176 e. The molecule has 30 heavy (non-hydrogen) atoms. The van der Waals surface area contributed by atoms with Crippen LogP contribution in [-0.2, 0) is 20.7 Å². The Morgan fingerprint density at radius 1 is 0.767 bits per heavy atom. The molecule has 0 saturated carbocycles. The van der Waals surface area contributed by atoms with Crippen molar-refractivity contribution in [2.75, 3.05) is 0 Å².